The molecule has 1 amide bonds. The fourth-order valence-corrected chi connectivity index (χ4v) is 2.51. The number of benzene rings is 1. The normalized spacial score (nSPS) is 10.2. The predicted molar refractivity (Wildman–Crippen MR) is 75.8 cm³/mol. The second-order valence-corrected chi connectivity index (χ2v) is 5.22. The third-order valence-corrected chi connectivity index (χ3v) is 3.73. The average Bonchev–Trinajstić information content (AvgIpc) is 2.77. The van der Waals surface area contributed by atoms with E-state index in [-0.39, 0.29) is 17.3 Å². The van der Waals surface area contributed by atoms with Gasteiger partial charge in [-0.15, -0.1) is 11.3 Å². The summed E-state index contributed by atoms with van der Waals surface area (Å²) in [5.41, 5.74) is 7.02. The maximum Gasteiger partial charge on any atom is 0.347 e. The van der Waals surface area contributed by atoms with Gasteiger partial charge in [-0.05, 0) is 25.1 Å². The van der Waals surface area contributed by atoms with Crippen LogP contribution in [0.4, 0.5) is 5.69 Å². The van der Waals surface area contributed by atoms with Gasteiger partial charge in [-0.1, -0.05) is 6.07 Å². The number of hydrogen-bond acceptors (Lipinski definition) is 5. The molecule has 6 nitrogen and oxygen atoms in total. The van der Waals surface area contributed by atoms with E-state index in [1.807, 2.05) is 0 Å². The van der Waals surface area contributed by atoms with Crippen molar-refractivity contribution in [2.24, 2.45) is 0 Å². The number of nitrogens with two attached hydrogens (primary N) is 1. The highest BCUT2D eigenvalue weighted by Gasteiger charge is 2.14. The number of nitrogens with zero attached hydrogens (tertiary/aromatic N) is 1. The summed E-state index contributed by atoms with van der Waals surface area (Å²) >= 11 is 1.06. The number of thiazole rings is 1. The number of carboxylic acids is 1. The zero-order valence-electron chi connectivity index (χ0n) is 10.7. The molecular formula is C13H13N3O3S. The molecule has 0 aliphatic rings. The lowest BCUT2D eigenvalue weighted by Gasteiger charge is -2.03. The Hall–Kier alpha value is -2.41. The Morgan fingerprint density at radius 2 is 2.20 bits per heavy atom. The summed E-state index contributed by atoms with van der Waals surface area (Å²) in [6, 6.07) is 6.62. The zero-order valence-corrected chi connectivity index (χ0v) is 11.5. The molecule has 0 radical (unpaired) electrons. The van der Waals surface area contributed by atoms with Crippen LogP contribution in [0, 0.1) is 6.92 Å². The molecule has 20 heavy (non-hydrogen) atoms. The third-order valence-electron chi connectivity index (χ3n) is 2.58. The highest BCUT2D eigenvalue weighted by Crippen LogP contribution is 2.18. The Labute approximate surface area is 119 Å². The monoisotopic (exact) mass is 291 g/mol. The van der Waals surface area contributed by atoms with Crippen molar-refractivity contribution in [3.63, 3.8) is 0 Å². The molecule has 2 aromatic rings. The van der Waals surface area contributed by atoms with Gasteiger partial charge in [0.2, 0.25) is 0 Å². The number of anilines is 1. The topological polar surface area (TPSA) is 105 Å². The van der Waals surface area contributed by atoms with E-state index in [1.165, 1.54) is 0 Å². The quantitative estimate of drug-likeness (QED) is 0.743. The summed E-state index contributed by atoms with van der Waals surface area (Å²) in [5, 5.41) is 12.2. The van der Waals surface area contributed by atoms with Crippen LogP contribution in [0.25, 0.3) is 0 Å². The fourth-order valence-electron chi connectivity index (χ4n) is 1.66. The Morgan fingerprint density at radius 1 is 1.45 bits per heavy atom. The SMILES string of the molecule is Cc1nc(CNC(=O)c2cccc(N)c2)sc1C(=O)O. The van der Waals surface area contributed by atoms with Crippen molar-refractivity contribution in [3.8, 4) is 0 Å². The molecular weight excluding hydrogens is 278 g/mol. The molecule has 1 aromatic heterocycles. The molecule has 0 atom stereocenters. The van der Waals surface area contributed by atoms with Crippen LogP contribution < -0.4 is 11.1 Å². The average molecular weight is 291 g/mol. The number of carbonyl (C=O) groups is 2. The molecule has 0 aliphatic heterocycles. The molecule has 0 aliphatic carbocycles. The predicted octanol–water partition coefficient (Wildman–Crippen LogP) is 1.66. The number of nitrogen functional groups attached to an aromatic ring is 1. The molecule has 1 aromatic carbocycles. The van der Waals surface area contributed by atoms with Gasteiger partial charge < -0.3 is 16.2 Å². The fraction of sp³-hybridized carbons (Fsp3) is 0.154. The second kappa shape index (κ2) is 5.70. The van der Waals surface area contributed by atoms with Crippen molar-refractivity contribution < 1.29 is 14.7 Å². The molecule has 0 bridgehead atoms. The molecule has 1 heterocycles. The molecule has 4 N–H and O–H groups in total. The lowest BCUT2D eigenvalue weighted by molar-refractivity contribution is 0.0701. The number of rotatable bonds is 4. The van der Waals surface area contributed by atoms with Crippen molar-refractivity contribution >= 4 is 28.9 Å². The number of carboxylic acid groups (broad SMARTS) is 1. The van der Waals surface area contributed by atoms with Gasteiger partial charge in [0.25, 0.3) is 5.91 Å². The van der Waals surface area contributed by atoms with Gasteiger partial charge in [-0.25, -0.2) is 9.78 Å². The van der Waals surface area contributed by atoms with Crippen LogP contribution in [0.3, 0.4) is 0 Å². The van der Waals surface area contributed by atoms with Crippen LogP contribution in [0.5, 0.6) is 0 Å². The van der Waals surface area contributed by atoms with E-state index in [2.05, 4.69) is 10.3 Å². The number of carbonyl (C=O) groups excluding carboxylic acids is 1. The Bertz CT molecular complexity index is 667. The van der Waals surface area contributed by atoms with Crippen LogP contribution >= 0.6 is 11.3 Å². The van der Waals surface area contributed by atoms with Crippen molar-refractivity contribution in [1.29, 1.82) is 0 Å². The van der Waals surface area contributed by atoms with E-state index in [0.717, 1.165) is 11.3 Å². The number of aromatic carboxylic acids is 1. The van der Waals surface area contributed by atoms with E-state index in [0.29, 0.717) is 22.0 Å². The third kappa shape index (κ3) is 3.12. The van der Waals surface area contributed by atoms with E-state index in [4.69, 9.17) is 10.8 Å². The molecule has 2 rings (SSSR count). The summed E-state index contributed by atoms with van der Waals surface area (Å²) in [5.74, 6) is -1.28. The molecule has 0 unspecified atom stereocenters. The smallest absolute Gasteiger partial charge is 0.347 e. The lowest BCUT2D eigenvalue weighted by atomic mass is 10.2. The highest BCUT2D eigenvalue weighted by atomic mass is 32.1. The Balaban J connectivity index is 2.04. The standard InChI is InChI=1S/C13H13N3O3S/c1-7-11(13(18)19)20-10(16-7)6-15-12(17)8-3-2-4-9(14)5-8/h2-5H,6,14H2,1H3,(H,15,17)(H,18,19). The van der Waals surface area contributed by atoms with Crippen LogP contribution in [0.2, 0.25) is 0 Å². The van der Waals surface area contributed by atoms with Gasteiger partial charge >= 0.3 is 5.97 Å². The van der Waals surface area contributed by atoms with E-state index >= 15 is 0 Å². The van der Waals surface area contributed by atoms with Crippen LogP contribution in [0.1, 0.15) is 30.7 Å². The van der Waals surface area contributed by atoms with Crippen LogP contribution in [-0.2, 0) is 6.54 Å². The van der Waals surface area contributed by atoms with Crippen LogP contribution in [0.15, 0.2) is 24.3 Å². The van der Waals surface area contributed by atoms with Crippen molar-refractivity contribution in [3.05, 3.63) is 45.4 Å². The van der Waals surface area contributed by atoms with E-state index < -0.39 is 5.97 Å². The first-order valence-corrected chi connectivity index (χ1v) is 6.62. The van der Waals surface area contributed by atoms with Crippen molar-refractivity contribution in [2.75, 3.05) is 5.73 Å². The molecule has 0 fully saturated rings. The van der Waals surface area contributed by atoms with Gasteiger partial charge in [-0.3, -0.25) is 4.79 Å². The van der Waals surface area contributed by atoms with Gasteiger partial charge in [0.15, 0.2) is 0 Å². The molecule has 0 spiro atoms. The number of hydrogen-bond donors (Lipinski definition) is 3. The van der Waals surface area contributed by atoms with Crippen molar-refractivity contribution in [2.45, 2.75) is 13.5 Å². The molecule has 7 heteroatoms. The Morgan fingerprint density at radius 3 is 2.80 bits per heavy atom. The maximum absolute atomic E-state index is 11.9. The summed E-state index contributed by atoms with van der Waals surface area (Å²) in [4.78, 5) is 27.1. The summed E-state index contributed by atoms with van der Waals surface area (Å²) in [6.45, 7) is 1.82. The summed E-state index contributed by atoms with van der Waals surface area (Å²) in [7, 11) is 0. The van der Waals surface area contributed by atoms with Gasteiger partial charge in [-0.2, -0.15) is 0 Å². The summed E-state index contributed by atoms with van der Waals surface area (Å²) in [6.07, 6.45) is 0. The lowest BCUT2D eigenvalue weighted by Crippen LogP contribution is -2.22. The summed E-state index contributed by atoms with van der Waals surface area (Å²) < 4.78 is 0. The number of aromatic nitrogens is 1. The van der Waals surface area contributed by atoms with E-state index in [1.54, 1.807) is 31.2 Å². The van der Waals surface area contributed by atoms with Crippen molar-refractivity contribution in [1.82, 2.24) is 10.3 Å². The number of aryl methyl sites for hydroxylation is 1. The zero-order chi connectivity index (χ0) is 14.7. The first-order chi connectivity index (χ1) is 9.47. The first-order valence-electron chi connectivity index (χ1n) is 5.80. The highest BCUT2D eigenvalue weighted by molar-refractivity contribution is 7.13. The molecule has 0 saturated carbocycles. The van der Waals surface area contributed by atoms with Gasteiger partial charge in [0.1, 0.15) is 9.88 Å². The number of amides is 1. The Kier molecular flexibility index (Phi) is 3.99. The van der Waals surface area contributed by atoms with Gasteiger partial charge in [0.05, 0.1) is 12.2 Å². The van der Waals surface area contributed by atoms with Gasteiger partial charge in [0, 0.05) is 11.3 Å². The number of nitrogens with one attached hydrogen (secondary N) is 1. The molecule has 0 saturated heterocycles. The molecule has 104 valence electrons. The largest absolute Gasteiger partial charge is 0.477 e. The minimum atomic E-state index is -1.01. The van der Waals surface area contributed by atoms with E-state index in [9.17, 15) is 9.59 Å². The minimum Gasteiger partial charge on any atom is -0.477 e. The van der Waals surface area contributed by atoms with Crippen LogP contribution in [-0.4, -0.2) is 22.0 Å². The second-order valence-electron chi connectivity index (χ2n) is 4.14. The first kappa shape index (κ1) is 14.0. The minimum absolute atomic E-state index is 0.187. The maximum atomic E-state index is 11.9.